The van der Waals surface area contributed by atoms with Crippen molar-refractivity contribution in [1.29, 1.82) is 0 Å². The third kappa shape index (κ3) is 4.39. The molecule has 0 unspecified atom stereocenters. The summed E-state index contributed by atoms with van der Waals surface area (Å²) in [6.07, 6.45) is 2.43. The second-order valence-corrected chi connectivity index (χ2v) is 5.49. The van der Waals surface area contributed by atoms with E-state index < -0.39 is 5.82 Å². The number of benzene rings is 2. The molecule has 5 nitrogen and oxygen atoms in total. The summed E-state index contributed by atoms with van der Waals surface area (Å²) >= 11 is 5.75. The lowest BCUT2D eigenvalue weighted by Crippen LogP contribution is -2.08. The van der Waals surface area contributed by atoms with Gasteiger partial charge in [0.05, 0.1) is 11.2 Å². The molecule has 3 rings (SSSR count). The minimum absolute atomic E-state index is 0.0325. The molecule has 0 aliphatic rings. The molecule has 1 aromatic heterocycles. The first-order chi connectivity index (χ1) is 11.7. The molecular formula is C17H15ClFN5. The highest BCUT2D eigenvalue weighted by Gasteiger charge is 2.04. The highest BCUT2D eigenvalue weighted by molar-refractivity contribution is 6.31. The molecule has 3 aromatic rings. The number of hydrogen-bond acceptors (Lipinski definition) is 5. The van der Waals surface area contributed by atoms with Crippen LogP contribution >= 0.6 is 11.6 Å². The van der Waals surface area contributed by atoms with Crippen LogP contribution in [0.25, 0.3) is 0 Å². The van der Waals surface area contributed by atoms with Gasteiger partial charge in [-0.1, -0.05) is 41.9 Å². The Hall–Kier alpha value is -2.73. The molecule has 0 aliphatic heterocycles. The molecule has 0 fully saturated rings. The van der Waals surface area contributed by atoms with Crippen LogP contribution in [-0.2, 0) is 6.42 Å². The number of nitrogens with one attached hydrogen (secondary N) is 2. The minimum atomic E-state index is -0.474. The van der Waals surface area contributed by atoms with Gasteiger partial charge in [-0.15, -0.1) is 5.10 Å². The summed E-state index contributed by atoms with van der Waals surface area (Å²) in [5, 5.41) is 14.0. The second-order valence-electron chi connectivity index (χ2n) is 5.08. The van der Waals surface area contributed by atoms with Crippen molar-refractivity contribution in [3.63, 3.8) is 0 Å². The Morgan fingerprint density at radius 1 is 1.08 bits per heavy atom. The average Bonchev–Trinajstić information content (AvgIpc) is 2.60. The zero-order chi connectivity index (χ0) is 16.8. The van der Waals surface area contributed by atoms with Gasteiger partial charge in [-0.05, 0) is 30.2 Å². The first kappa shape index (κ1) is 16.1. The summed E-state index contributed by atoms with van der Waals surface area (Å²) in [4.78, 5) is 4.32. The van der Waals surface area contributed by atoms with Crippen molar-refractivity contribution in [2.75, 3.05) is 17.2 Å². The summed E-state index contributed by atoms with van der Waals surface area (Å²) in [7, 11) is 0. The summed E-state index contributed by atoms with van der Waals surface area (Å²) in [6, 6.07) is 14.5. The van der Waals surface area contributed by atoms with Crippen LogP contribution < -0.4 is 10.6 Å². The van der Waals surface area contributed by atoms with E-state index in [2.05, 4.69) is 37.9 Å². The van der Waals surface area contributed by atoms with Gasteiger partial charge in [0.1, 0.15) is 5.82 Å². The van der Waals surface area contributed by atoms with Crippen LogP contribution in [0.4, 0.5) is 21.8 Å². The molecule has 0 bridgehead atoms. The normalized spacial score (nSPS) is 10.4. The van der Waals surface area contributed by atoms with E-state index in [1.54, 1.807) is 12.3 Å². The Morgan fingerprint density at radius 3 is 2.71 bits per heavy atom. The van der Waals surface area contributed by atoms with E-state index in [1.807, 2.05) is 18.2 Å². The highest BCUT2D eigenvalue weighted by atomic mass is 35.5. The molecule has 2 N–H and O–H groups in total. The van der Waals surface area contributed by atoms with Crippen molar-refractivity contribution >= 4 is 29.1 Å². The van der Waals surface area contributed by atoms with Crippen molar-refractivity contribution in [3.05, 3.63) is 71.1 Å². The fraction of sp³-hybridized carbons (Fsp3) is 0.118. The molecule has 1 heterocycles. The molecule has 0 aliphatic carbocycles. The monoisotopic (exact) mass is 343 g/mol. The lowest BCUT2D eigenvalue weighted by Gasteiger charge is -2.08. The largest absolute Gasteiger partial charge is 0.368 e. The van der Waals surface area contributed by atoms with Gasteiger partial charge >= 0.3 is 0 Å². The standard InChI is InChI=1S/C17H15ClFN5/c18-14-10-13(6-7-15(14)19)22-17-23-16(11-21-24-17)20-9-8-12-4-2-1-3-5-12/h1-7,10-11H,8-9H2,(H2,20,22,23,24). The Balaban J connectivity index is 1.60. The number of halogens is 2. The topological polar surface area (TPSA) is 62.7 Å². The lowest BCUT2D eigenvalue weighted by molar-refractivity contribution is 0.628. The van der Waals surface area contributed by atoms with E-state index in [1.165, 1.54) is 17.7 Å². The van der Waals surface area contributed by atoms with Gasteiger partial charge in [0.15, 0.2) is 5.82 Å². The van der Waals surface area contributed by atoms with E-state index in [9.17, 15) is 4.39 Å². The molecule has 0 atom stereocenters. The van der Waals surface area contributed by atoms with E-state index in [0.717, 1.165) is 13.0 Å². The van der Waals surface area contributed by atoms with Crippen molar-refractivity contribution < 1.29 is 4.39 Å². The summed E-state index contributed by atoms with van der Waals surface area (Å²) in [5.41, 5.74) is 1.83. The number of aromatic nitrogens is 3. The van der Waals surface area contributed by atoms with Gasteiger partial charge in [-0.3, -0.25) is 0 Å². The fourth-order valence-electron chi connectivity index (χ4n) is 2.12. The predicted octanol–water partition coefficient (Wildman–Crippen LogP) is 4.06. The van der Waals surface area contributed by atoms with Gasteiger partial charge < -0.3 is 10.6 Å². The smallest absolute Gasteiger partial charge is 0.249 e. The van der Waals surface area contributed by atoms with E-state index >= 15 is 0 Å². The quantitative estimate of drug-likeness (QED) is 0.706. The number of hydrogen-bond donors (Lipinski definition) is 2. The molecule has 0 amide bonds. The predicted molar refractivity (Wildman–Crippen MR) is 93.2 cm³/mol. The fourth-order valence-corrected chi connectivity index (χ4v) is 2.30. The van der Waals surface area contributed by atoms with E-state index in [4.69, 9.17) is 11.6 Å². The van der Waals surface area contributed by atoms with Crippen molar-refractivity contribution in [1.82, 2.24) is 15.2 Å². The molecule has 0 saturated carbocycles. The van der Waals surface area contributed by atoms with E-state index in [0.29, 0.717) is 17.5 Å². The number of nitrogens with zero attached hydrogens (tertiary/aromatic N) is 3. The van der Waals surface area contributed by atoms with E-state index in [-0.39, 0.29) is 5.02 Å². The molecule has 0 spiro atoms. The third-order valence-corrected chi connectivity index (χ3v) is 3.59. The van der Waals surface area contributed by atoms with Crippen LogP contribution in [0.3, 0.4) is 0 Å². The molecule has 0 saturated heterocycles. The average molecular weight is 344 g/mol. The first-order valence-electron chi connectivity index (χ1n) is 7.40. The van der Waals surface area contributed by atoms with Gasteiger partial charge in [-0.25, -0.2) is 4.39 Å². The van der Waals surface area contributed by atoms with Crippen LogP contribution in [0, 0.1) is 5.82 Å². The number of rotatable bonds is 6. The summed E-state index contributed by atoms with van der Waals surface area (Å²) in [5.74, 6) is 0.441. The minimum Gasteiger partial charge on any atom is -0.368 e. The molecule has 122 valence electrons. The second kappa shape index (κ2) is 7.70. The molecular weight excluding hydrogens is 329 g/mol. The van der Waals surface area contributed by atoms with Gasteiger partial charge in [0.2, 0.25) is 5.95 Å². The number of anilines is 3. The maximum Gasteiger partial charge on any atom is 0.249 e. The van der Waals surface area contributed by atoms with Gasteiger partial charge in [0.25, 0.3) is 0 Å². The van der Waals surface area contributed by atoms with Crippen molar-refractivity contribution in [2.45, 2.75) is 6.42 Å². The van der Waals surface area contributed by atoms with Crippen LogP contribution in [0.1, 0.15) is 5.56 Å². The van der Waals surface area contributed by atoms with Crippen LogP contribution in [-0.4, -0.2) is 21.7 Å². The Morgan fingerprint density at radius 2 is 1.92 bits per heavy atom. The third-order valence-electron chi connectivity index (χ3n) is 3.30. The van der Waals surface area contributed by atoms with Crippen LogP contribution in [0.15, 0.2) is 54.7 Å². The van der Waals surface area contributed by atoms with Gasteiger partial charge in [-0.2, -0.15) is 10.1 Å². The Labute approximate surface area is 143 Å². The molecule has 7 heteroatoms. The summed E-state index contributed by atoms with van der Waals surface area (Å²) in [6.45, 7) is 0.727. The molecule has 0 radical (unpaired) electrons. The van der Waals surface area contributed by atoms with Crippen molar-refractivity contribution in [3.8, 4) is 0 Å². The first-order valence-corrected chi connectivity index (χ1v) is 7.78. The Bertz CT molecular complexity index is 813. The SMILES string of the molecule is Fc1ccc(Nc2nncc(NCCc3ccccc3)n2)cc1Cl. The van der Waals surface area contributed by atoms with Gasteiger partial charge in [0, 0.05) is 12.2 Å². The molecule has 24 heavy (non-hydrogen) atoms. The zero-order valence-corrected chi connectivity index (χ0v) is 13.5. The molecule has 2 aromatic carbocycles. The summed E-state index contributed by atoms with van der Waals surface area (Å²) < 4.78 is 13.2. The van der Waals surface area contributed by atoms with Crippen molar-refractivity contribution in [2.24, 2.45) is 0 Å². The van der Waals surface area contributed by atoms with Crippen LogP contribution in [0.5, 0.6) is 0 Å². The maximum absolute atomic E-state index is 13.2. The maximum atomic E-state index is 13.2. The lowest BCUT2D eigenvalue weighted by atomic mass is 10.1. The van der Waals surface area contributed by atoms with Crippen LogP contribution in [0.2, 0.25) is 5.02 Å². The highest BCUT2D eigenvalue weighted by Crippen LogP contribution is 2.21. The zero-order valence-electron chi connectivity index (χ0n) is 12.7. The Kier molecular flexibility index (Phi) is 5.18.